The molecule has 2 aromatic carbocycles. The van der Waals surface area contributed by atoms with Crippen molar-refractivity contribution < 1.29 is 14.6 Å². The molecule has 0 saturated carbocycles. The minimum absolute atomic E-state index is 0.182. The van der Waals surface area contributed by atoms with Gasteiger partial charge in [-0.25, -0.2) is 4.79 Å². The molecule has 7 nitrogen and oxygen atoms in total. The number of thiocarbonyl (C=S) groups is 1. The molecule has 2 aromatic heterocycles. The van der Waals surface area contributed by atoms with Crippen LogP contribution in [0.15, 0.2) is 72.9 Å². The van der Waals surface area contributed by atoms with E-state index in [1.165, 1.54) is 0 Å². The Bertz CT molecular complexity index is 1500. The number of aryl methyl sites for hydroxylation is 2. The van der Waals surface area contributed by atoms with Crippen LogP contribution in [0.4, 0.5) is 5.69 Å². The summed E-state index contributed by atoms with van der Waals surface area (Å²) < 4.78 is 7.78. The number of carboxylic acids is 1. The molecule has 0 aliphatic carbocycles. The van der Waals surface area contributed by atoms with E-state index in [4.69, 9.17) is 17.0 Å². The number of hydrogen-bond acceptors (Lipinski definition) is 4. The number of ether oxygens (including phenoxy) is 1. The van der Waals surface area contributed by atoms with E-state index in [0.29, 0.717) is 11.7 Å². The number of anilines is 1. The number of hydrogen-bond donors (Lipinski definition) is 2. The van der Waals surface area contributed by atoms with Crippen LogP contribution in [-0.2, 0) is 0 Å². The number of pyridine rings is 1. The summed E-state index contributed by atoms with van der Waals surface area (Å²) in [6.07, 6.45) is 1.79. The number of nitrogens with one attached hydrogen (secondary N) is 1. The predicted octanol–water partition coefficient (Wildman–Crippen LogP) is 6.07. The van der Waals surface area contributed by atoms with Crippen LogP contribution in [0.5, 0.6) is 5.75 Å². The van der Waals surface area contributed by atoms with Crippen molar-refractivity contribution in [2.45, 2.75) is 39.8 Å². The topological polar surface area (TPSA) is 79.6 Å². The van der Waals surface area contributed by atoms with Gasteiger partial charge in [0.25, 0.3) is 0 Å². The lowest BCUT2D eigenvalue weighted by molar-refractivity contribution is 0.0697. The Hall–Kier alpha value is -4.17. The minimum Gasteiger partial charge on any atom is -0.494 e. The normalized spacial score (nSPS) is 16.9. The molecule has 5 rings (SSSR count). The third-order valence-electron chi connectivity index (χ3n) is 7.01. The van der Waals surface area contributed by atoms with Crippen molar-refractivity contribution in [1.82, 2.24) is 14.9 Å². The van der Waals surface area contributed by atoms with Gasteiger partial charge >= 0.3 is 5.97 Å². The van der Waals surface area contributed by atoms with Gasteiger partial charge in [-0.3, -0.25) is 4.98 Å². The number of aromatic carboxylic acids is 1. The molecule has 1 fully saturated rings. The van der Waals surface area contributed by atoms with Crippen molar-refractivity contribution in [2.75, 3.05) is 11.5 Å². The van der Waals surface area contributed by atoms with Crippen LogP contribution in [0.3, 0.4) is 0 Å². The van der Waals surface area contributed by atoms with E-state index in [1.54, 1.807) is 18.3 Å². The molecule has 1 saturated heterocycles. The minimum atomic E-state index is -0.948. The molecular weight excluding hydrogens is 496 g/mol. The van der Waals surface area contributed by atoms with Crippen LogP contribution in [0.1, 0.15) is 57.6 Å². The average molecular weight is 527 g/mol. The molecule has 0 amide bonds. The summed E-state index contributed by atoms with van der Waals surface area (Å²) in [5.74, 6) is -0.143. The van der Waals surface area contributed by atoms with Gasteiger partial charge < -0.3 is 24.6 Å². The first-order chi connectivity index (χ1) is 18.3. The molecule has 0 unspecified atom stereocenters. The largest absolute Gasteiger partial charge is 0.494 e. The zero-order valence-corrected chi connectivity index (χ0v) is 22.6. The number of carboxylic acid groups (broad SMARTS) is 1. The first-order valence-electron chi connectivity index (χ1n) is 12.6. The summed E-state index contributed by atoms with van der Waals surface area (Å²) >= 11 is 5.89. The van der Waals surface area contributed by atoms with E-state index in [-0.39, 0.29) is 17.6 Å². The number of aromatic nitrogens is 2. The molecule has 0 radical (unpaired) electrons. The lowest BCUT2D eigenvalue weighted by Gasteiger charge is -2.28. The number of rotatable bonds is 7. The highest BCUT2D eigenvalue weighted by atomic mass is 32.1. The lowest BCUT2D eigenvalue weighted by Crippen LogP contribution is -2.29. The maximum atomic E-state index is 11.7. The first kappa shape index (κ1) is 25.5. The Kier molecular flexibility index (Phi) is 6.91. The fraction of sp³-hybridized carbons (Fsp3) is 0.233. The molecule has 0 bridgehead atoms. The van der Waals surface area contributed by atoms with Gasteiger partial charge in [0.1, 0.15) is 5.75 Å². The van der Waals surface area contributed by atoms with Crippen molar-refractivity contribution >= 4 is 29.0 Å². The van der Waals surface area contributed by atoms with Gasteiger partial charge in [-0.05, 0) is 106 Å². The summed E-state index contributed by atoms with van der Waals surface area (Å²) in [7, 11) is 0. The summed E-state index contributed by atoms with van der Waals surface area (Å²) in [5, 5.41) is 13.7. The van der Waals surface area contributed by atoms with Gasteiger partial charge in [-0.2, -0.15) is 0 Å². The molecule has 2 N–H and O–H groups in total. The zero-order valence-electron chi connectivity index (χ0n) is 21.8. The molecule has 1 aliphatic rings. The SMILES string of the molecule is CCOc1ccc(N2C(=S)N[C@H](c3ccccn3)[C@@H]2c2cc(C)n(-c3cc(C(=O)O)ccc3C)c2C)cc1. The number of benzene rings is 2. The van der Waals surface area contributed by atoms with Gasteiger partial charge in [0.05, 0.1) is 29.9 Å². The maximum absolute atomic E-state index is 11.7. The van der Waals surface area contributed by atoms with Crippen LogP contribution in [-0.4, -0.2) is 32.3 Å². The fourth-order valence-electron chi connectivity index (χ4n) is 5.26. The van der Waals surface area contributed by atoms with Crippen molar-refractivity contribution in [1.29, 1.82) is 0 Å². The van der Waals surface area contributed by atoms with E-state index < -0.39 is 5.97 Å². The second-order valence-electron chi connectivity index (χ2n) is 9.39. The van der Waals surface area contributed by atoms with E-state index in [1.807, 2.05) is 69.3 Å². The second-order valence-corrected chi connectivity index (χ2v) is 9.78. The lowest BCUT2D eigenvalue weighted by atomic mass is 9.96. The Morgan fingerprint density at radius 1 is 1.08 bits per heavy atom. The standard InChI is InChI=1S/C30H30N4O3S/c1-5-37-23-13-11-22(12-14-23)34-28(27(32-30(34)38)25-8-6-7-15-31-25)24-16-19(3)33(20(24)4)26-17-21(29(35)36)10-9-18(26)2/h6-17,27-28H,5H2,1-4H3,(H,32,38)(H,35,36)/t27-,28+/m1/s1. The van der Waals surface area contributed by atoms with Gasteiger partial charge in [-0.1, -0.05) is 12.1 Å². The van der Waals surface area contributed by atoms with Crippen molar-refractivity contribution in [2.24, 2.45) is 0 Å². The monoisotopic (exact) mass is 526 g/mol. The molecule has 4 aromatic rings. The Labute approximate surface area is 227 Å². The molecule has 2 atom stereocenters. The Balaban J connectivity index is 1.66. The maximum Gasteiger partial charge on any atom is 0.335 e. The quantitative estimate of drug-likeness (QED) is 0.283. The molecule has 38 heavy (non-hydrogen) atoms. The van der Waals surface area contributed by atoms with Crippen LogP contribution >= 0.6 is 12.2 Å². The predicted molar refractivity (Wildman–Crippen MR) is 152 cm³/mol. The Morgan fingerprint density at radius 3 is 2.50 bits per heavy atom. The van der Waals surface area contributed by atoms with E-state index >= 15 is 0 Å². The highest BCUT2D eigenvalue weighted by molar-refractivity contribution is 7.80. The molecule has 3 heterocycles. The third-order valence-corrected chi connectivity index (χ3v) is 7.32. The van der Waals surface area contributed by atoms with Crippen LogP contribution < -0.4 is 15.0 Å². The summed E-state index contributed by atoms with van der Waals surface area (Å²) in [5.41, 5.74) is 7.04. The van der Waals surface area contributed by atoms with Gasteiger partial charge in [0.15, 0.2) is 5.11 Å². The van der Waals surface area contributed by atoms with Crippen LogP contribution in [0.2, 0.25) is 0 Å². The molecule has 1 aliphatic heterocycles. The smallest absolute Gasteiger partial charge is 0.335 e. The molecule has 194 valence electrons. The van der Waals surface area contributed by atoms with Crippen molar-refractivity contribution in [3.05, 3.63) is 107 Å². The third kappa shape index (κ3) is 4.52. The van der Waals surface area contributed by atoms with Crippen molar-refractivity contribution in [3.8, 4) is 11.4 Å². The fourth-order valence-corrected chi connectivity index (χ4v) is 5.61. The number of nitrogens with zero attached hydrogens (tertiary/aromatic N) is 3. The van der Waals surface area contributed by atoms with E-state index in [9.17, 15) is 9.90 Å². The van der Waals surface area contributed by atoms with Gasteiger partial charge in [0.2, 0.25) is 0 Å². The Morgan fingerprint density at radius 2 is 1.84 bits per heavy atom. The van der Waals surface area contributed by atoms with Crippen molar-refractivity contribution in [3.63, 3.8) is 0 Å². The highest BCUT2D eigenvalue weighted by Crippen LogP contribution is 2.44. The first-order valence-corrected chi connectivity index (χ1v) is 13.0. The molecular formula is C30H30N4O3S. The van der Waals surface area contributed by atoms with Gasteiger partial charge in [0, 0.05) is 29.0 Å². The molecule has 8 heteroatoms. The summed E-state index contributed by atoms with van der Waals surface area (Å²) in [6, 6.07) is 20.9. The van der Waals surface area contributed by atoms with Gasteiger partial charge in [-0.15, -0.1) is 0 Å². The molecule has 0 spiro atoms. The average Bonchev–Trinajstić information content (AvgIpc) is 3.40. The van der Waals surface area contributed by atoms with E-state index in [2.05, 4.69) is 32.8 Å². The zero-order chi connectivity index (χ0) is 27.0. The second kappa shape index (κ2) is 10.3. The van der Waals surface area contributed by atoms with Crippen LogP contribution in [0, 0.1) is 20.8 Å². The summed E-state index contributed by atoms with van der Waals surface area (Å²) in [6.45, 7) is 8.67. The van der Waals surface area contributed by atoms with E-state index in [0.717, 1.165) is 45.3 Å². The highest BCUT2D eigenvalue weighted by Gasteiger charge is 2.42. The number of carbonyl (C=O) groups is 1. The van der Waals surface area contributed by atoms with Crippen LogP contribution in [0.25, 0.3) is 5.69 Å². The summed E-state index contributed by atoms with van der Waals surface area (Å²) in [4.78, 5) is 18.5.